The van der Waals surface area contributed by atoms with Gasteiger partial charge >= 0.3 is 6.18 Å². The Morgan fingerprint density at radius 2 is 1.32 bits per heavy atom. The third-order valence-corrected chi connectivity index (χ3v) is 7.40. The fraction of sp³-hybridized carbons (Fsp3) is 0.394. The quantitative estimate of drug-likeness (QED) is 0.123. The van der Waals surface area contributed by atoms with Crippen LogP contribution in [0, 0.1) is 36.0 Å². The standard InChI is InChI=1S/C33H35F8N3O3/c1-4-9-43(10-5-2)31(46)20-11-18(3)12-21(14-20)32(47)44(16-19-7-6-8-22(13-19)33(39,40)41)17-25(45)24(42)15-23-26(34)28(36)30(38)29(37)27(23)35/h6-8,11-14,24-25,45H,4-5,9-10,15-17,42H2,1-3H3/t24-,25+/m0/s1. The summed E-state index contributed by atoms with van der Waals surface area (Å²) in [5, 5.41) is 10.9. The molecule has 2 amide bonds. The lowest BCUT2D eigenvalue weighted by Gasteiger charge is -2.29. The number of nitrogens with two attached hydrogens (primary N) is 1. The van der Waals surface area contributed by atoms with Crippen LogP contribution in [0.4, 0.5) is 35.1 Å². The molecule has 0 heterocycles. The van der Waals surface area contributed by atoms with Crippen molar-refractivity contribution in [3.05, 3.63) is 105 Å². The zero-order valence-electron chi connectivity index (χ0n) is 25.9. The average molecular weight is 674 g/mol. The Morgan fingerprint density at radius 3 is 1.83 bits per heavy atom. The van der Waals surface area contributed by atoms with Crippen molar-refractivity contribution in [3.8, 4) is 0 Å². The number of hydrogen-bond donors (Lipinski definition) is 2. The number of aliphatic hydroxyl groups excluding tert-OH is 1. The van der Waals surface area contributed by atoms with Gasteiger partial charge in [0.1, 0.15) is 0 Å². The lowest BCUT2D eigenvalue weighted by atomic mass is 9.99. The van der Waals surface area contributed by atoms with Crippen LogP contribution in [0.3, 0.4) is 0 Å². The van der Waals surface area contributed by atoms with Crippen LogP contribution in [-0.2, 0) is 19.1 Å². The molecule has 0 aliphatic heterocycles. The monoisotopic (exact) mass is 673 g/mol. The fourth-order valence-electron chi connectivity index (χ4n) is 5.10. The molecule has 3 aromatic rings. The van der Waals surface area contributed by atoms with E-state index in [-0.39, 0.29) is 22.6 Å². The van der Waals surface area contributed by atoms with Crippen LogP contribution in [0.2, 0.25) is 0 Å². The van der Waals surface area contributed by atoms with E-state index in [4.69, 9.17) is 5.73 Å². The molecule has 0 saturated carbocycles. The molecule has 47 heavy (non-hydrogen) atoms. The normalized spacial score (nSPS) is 13.0. The highest BCUT2D eigenvalue weighted by Gasteiger charge is 2.32. The number of halogens is 8. The topological polar surface area (TPSA) is 86.9 Å². The van der Waals surface area contributed by atoms with Crippen molar-refractivity contribution in [1.29, 1.82) is 0 Å². The van der Waals surface area contributed by atoms with Crippen LogP contribution in [-0.4, -0.2) is 58.5 Å². The lowest BCUT2D eigenvalue weighted by molar-refractivity contribution is -0.137. The number of benzene rings is 3. The zero-order valence-corrected chi connectivity index (χ0v) is 25.9. The van der Waals surface area contributed by atoms with Crippen molar-refractivity contribution >= 4 is 11.8 Å². The predicted molar refractivity (Wildman–Crippen MR) is 158 cm³/mol. The smallest absolute Gasteiger partial charge is 0.390 e. The summed E-state index contributed by atoms with van der Waals surface area (Å²) in [5.41, 5.74) is 4.25. The lowest BCUT2D eigenvalue weighted by Crippen LogP contribution is -2.46. The van der Waals surface area contributed by atoms with Gasteiger partial charge in [-0.2, -0.15) is 13.2 Å². The van der Waals surface area contributed by atoms with Gasteiger partial charge in [0.15, 0.2) is 23.3 Å². The number of aliphatic hydroxyl groups is 1. The molecule has 3 N–H and O–H groups in total. The van der Waals surface area contributed by atoms with Gasteiger partial charge in [-0.05, 0) is 67.6 Å². The van der Waals surface area contributed by atoms with Gasteiger partial charge in [-0.1, -0.05) is 26.0 Å². The second-order valence-corrected chi connectivity index (χ2v) is 11.2. The fourth-order valence-corrected chi connectivity index (χ4v) is 5.10. The molecule has 0 aromatic heterocycles. The van der Waals surface area contributed by atoms with Crippen LogP contribution >= 0.6 is 0 Å². The summed E-state index contributed by atoms with van der Waals surface area (Å²) in [4.78, 5) is 29.8. The molecular weight excluding hydrogens is 638 g/mol. The van der Waals surface area contributed by atoms with Gasteiger partial charge in [-0.15, -0.1) is 0 Å². The Labute approximate surface area is 266 Å². The van der Waals surface area contributed by atoms with Gasteiger partial charge in [0.05, 0.1) is 11.7 Å². The number of nitrogens with zero attached hydrogens (tertiary/aromatic N) is 2. The summed E-state index contributed by atoms with van der Waals surface area (Å²) in [7, 11) is 0. The first kappa shape index (κ1) is 37.4. The summed E-state index contributed by atoms with van der Waals surface area (Å²) >= 11 is 0. The van der Waals surface area contributed by atoms with E-state index < -0.39 is 84.0 Å². The van der Waals surface area contributed by atoms with Gasteiger partial charge in [0, 0.05) is 48.9 Å². The molecule has 0 saturated heterocycles. The summed E-state index contributed by atoms with van der Waals surface area (Å²) in [6.07, 6.45) is -6.24. The van der Waals surface area contributed by atoms with Crippen LogP contribution in [0.25, 0.3) is 0 Å². The molecular formula is C33H35F8N3O3. The van der Waals surface area contributed by atoms with Crippen molar-refractivity contribution < 1.29 is 49.8 Å². The number of rotatable bonds is 13. The van der Waals surface area contributed by atoms with Gasteiger partial charge in [-0.25, -0.2) is 22.0 Å². The summed E-state index contributed by atoms with van der Waals surface area (Å²) in [5.74, 6) is -12.2. The highest BCUT2D eigenvalue weighted by Crippen LogP contribution is 2.30. The molecule has 0 unspecified atom stereocenters. The number of carbonyl (C=O) groups excluding carboxylic acids is 2. The first-order valence-corrected chi connectivity index (χ1v) is 14.8. The zero-order chi connectivity index (χ0) is 35.2. The van der Waals surface area contributed by atoms with E-state index in [1.165, 1.54) is 18.2 Å². The van der Waals surface area contributed by atoms with E-state index in [1.54, 1.807) is 17.9 Å². The molecule has 0 aliphatic rings. The maximum atomic E-state index is 14.3. The Bertz CT molecular complexity index is 1560. The molecule has 6 nitrogen and oxygen atoms in total. The molecule has 2 atom stereocenters. The summed E-state index contributed by atoms with van der Waals surface area (Å²) in [6, 6.07) is 6.66. The Hall–Kier alpha value is -4.04. The van der Waals surface area contributed by atoms with E-state index in [0.29, 0.717) is 31.5 Å². The van der Waals surface area contributed by atoms with E-state index in [0.717, 1.165) is 23.1 Å². The summed E-state index contributed by atoms with van der Waals surface area (Å²) in [6.45, 7) is 5.11. The first-order chi connectivity index (χ1) is 22.0. The molecule has 256 valence electrons. The molecule has 14 heteroatoms. The van der Waals surface area contributed by atoms with Crippen LogP contribution < -0.4 is 5.73 Å². The van der Waals surface area contributed by atoms with Crippen molar-refractivity contribution in [3.63, 3.8) is 0 Å². The van der Waals surface area contributed by atoms with E-state index in [1.807, 2.05) is 13.8 Å². The molecule has 0 spiro atoms. The maximum absolute atomic E-state index is 14.3. The third-order valence-electron chi connectivity index (χ3n) is 7.40. The van der Waals surface area contributed by atoms with Crippen molar-refractivity contribution in [2.75, 3.05) is 19.6 Å². The summed E-state index contributed by atoms with van der Waals surface area (Å²) < 4.78 is 110. The van der Waals surface area contributed by atoms with Crippen molar-refractivity contribution in [2.45, 2.75) is 64.9 Å². The second-order valence-electron chi connectivity index (χ2n) is 11.2. The molecule has 0 bridgehead atoms. The number of alkyl halides is 3. The number of hydrogen-bond acceptors (Lipinski definition) is 4. The minimum atomic E-state index is -4.71. The van der Waals surface area contributed by atoms with Gasteiger partial charge < -0.3 is 20.6 Å². The number of aryl methyl sites for hydroxylation is 1. The Morgan fingerprint density at radius 1 is 0.809 bits per heavy atom. The van der Waals surface area contributed by atoms with Gasteiger partial charge in [-0.3, -0.25) is 9.59 Å². The molecule has 3 aromatic carbocycles. The van der Waals surface area contributed by atoms with Gasteiger partial charge in [0.25, 0.3) is 11.8 Å². The second kappa shape index (κ2) is 15.7. The molecule has 0 fully saturated rings. The minimum Gasteiger partial charge on any atom is -0.390 e. The van der Waals surface area contributed by atoms with E-state index in [9.17, 15) is 49.8 Å². The molecule has 3 rings (SSSR count). The molecule has 0 radical (unpaired) electrons. The highest BCUT2D eigenvalue weighted by molar-refractivity contribution is 6.00. The SMILES string of the molecule is CCCN(CCC)C(=O)c1cc(C)cc(C(=O)N(Cc2cccc(C(F)(F)F)c2)C[C@@H](O)[C@@H](N)Cc2c(F)c(F)c(F)c(F)c2F)c1. The van der Waals surface area contributed by atoms with E-state index in [2.05, 4.69) is 0 Å². The number of carbonyl (C=O) groups is 2. The molecule has 0 aliphatic carbocycles. The van der Waals surface area contributed by atoms with Crippen molar-refractivity contribution in [2.24, 2.45) is 5.73 Å². The third kappa shape index (κ3) is 9.07. The Kier molecular flexibility index (Phi) is 12.5. The van der Waals surface area contributed by atoms with Crippen LogP contribution in [0.15, 0.2) is 42.5 Å². The van der Waals surface area contributed by atoms with Crippen molar-refractivity contribution in [1.82, 2.24) is 9.80 Å². The minimum absolute atomic E-state index is 0.00488. The largest absolute Gasteiger partial charge is 0.416 e. The first-order valence-electron chi connectivity index (χ1n) is 14.8. The average Bonchev–Trinajstić information content (AvgIpc) is 3.03. The van der Waals surface area contributed by atoms with Crippen LogP contribution in [0.5, 0.6) is 0 Å². The maximum Gasteiger partial charge on any atom is 0.416 e. The number of amides is 2. The predicted octanol–water partition coefficient (Wildman–Crippen LogP) is 6.54. The van der Waals surface area contributed by atoms with Crippen LogP contribution in [0.1, 0.15) is 69.7 Å². The highest BCUT2D eigenvalue weighted by atomic mass is 19.4. The van der Waals surface area contributed by atoms with E-state index >= 15 is 0 Å². The van der Waals surface area contributed by atoms with Gasteiger partial charge in [0.2, 0.25) is 5.82 Å². The Balaban J connectivity index is 2.00.